The van der Waals surface area contributed by atoms with Crippen LogP contribution in [0, 0.1) is 0 Å². The molecule has 1 fully saturated rings. The topological polar surface area (TPSA) is 53.1 Å². The highest BCUT2D eigenvalue weighted by molar-refractivity contribution is 5.82. The van der Waals surface area contributed by atoms with Crippen LogP contribution in [0.2, 0.25) is 0 Å². The van der Waals surface area contributed by atoms with Gasteiger partial charge < -0.3 is 19.4 Å². The Hall–Kier alpha value is -3.12. The molecule has 6 heteroatoms. The first-order valence-electron chi connectivity index (χ1n) is 10.7. The summed E-state index contributed by atoms with van der Waals surface area (Å²) in [6, 6.07) is 15.9. The third-order valence-corrected chi connectivity index (χ3v) is 6.01. The van der Waals surface area contributed by atoms with Crippen LogP contribution < -0.4 is 4.90 Å². The molecule has 4 rings (SSSR count). The van der Waals surface area contributed by atoms with Gasteiger partial charge in [-0.2, -0.15) is 0 Å². The van der Waals surface area contributed by atoms with Crippen LogP contribution in [-0.2, 0) is 20.9 Å². The van der Waals surface area contributed by atoms with E-state index in [0.29, 0.717) is 6.54 Å². The lowest BCUT2D eigenvalue weighted by Gasteiger charge is -2.34. The Morgan fingerprint density at radius 2 is 1.77 bits per heavy atom. The van der Waals surface area contributed by atoms with Crippen molar-refractivity contribution in [3.63, 3.8) is 0 Å². The van der Waals surface area contributed by atoms with Gasteiger partial charge in [0.2, 0.25) is 11.8 Å². The zero-order valence-corrected chi connectivity index (χ0v) is 18.2. The Kier molecular flexibility index (Phi) is 6.37. The van der Waals surface area contributed by atoms with Crippen LogP contribution in [0.25, 0.3) is 6.08 Å². The summed E-state index contributed by atoms with van der Waals surface area (Å²) in [5, 5.41) is 0. The van der Waals surface area contributed by atoms with Gasteiger partial charge >= 0.3 is 0 Å². The van der Waals surface area contributed by atoms with Crippen LogP contribution in [0.15, 0.2) is 54.7 Å². The molecule has 2 aliphatic rings. The maximum absolute atomic E-state index is 13.2. The van der Waals surface area contributed by atoms with Gasteiger partial charge in [-0.1, -0.05) is 42.5 Å². The molecule has 0 N–H and O–H groups in total. The van der Waals surface area contributed by atoms with Crippen LogP contribution in [0.1, 0.15) is 36.1 Å². The number of rotatable bonds is 5. The highest BCUT2D eigenvalue weighted by Crippen LogP contribution is 2.33. The first kappa shape index (κ1) is 21.1. The Bertz CT molecular complexity index is 981. The largest absolute Gasteiger partial charge is 0.378 e. The molecule has 2 aromatic rings. The third-order valence-electron chi connectivity index (χ3n) is 6.01. The molecular weight excluding hydrogens is 390 g/mol. The second-order valence-corrected chi connectivity index (χ2v) is 8.07. The number of fused-ring (bicyclic) bond motifs is 1. The molecule has 2 amide bonds. The predicted octanol–water partition coefficient (Wildman–Crippen LogP) is 3.45. The minimum absolute atomic E-state index is 0.0122. The maximum atomic E-state index is 13.2. The van der Waals surface area contributed by atoms with Crippen molar-refractivity contribution in [1.82, 2.24) is 9.80 Å². The molecule has 31 heavy (non-hydrogen) atoms. The van der Waals surface area contributed by atoms with Gasteiger partial charge in [-0.05, 0) is 28.8 Å². The number of nitrogens with zero attached hydrogens (tertiary/aromatic N) is 3. The van der Waals surface area contributed by atoms with Gasteiger partial charge in [-0.15, -0.1) is 0 Å². The number of benzene rings is 2. The number of para-hydroxylation sites is 1. The fourth-order valence-corrected chi connectivity index (χ4v) is 4.34. The molecule has 162 valence electrons. The van der Waals surface area contributed by atoms with E-state index in [1.165, 1.54) is 6.92 Å². The van der Waals surface area contributed by atoms with Crippen LogP contribution >= 0.6 is 0 Å². The first-order valence-corrected chi connectivity index (χ1v) is 10.7. The zero-order chi connectivity index (χ0) is 21.8. The summed E-state index contributed by atoms with van der Waals surface area (Å²) in [5.74, 6) is -0.0537. The number of carbonyl (C=O) groups excluding carboxylic acids is 2. The van der Waals surface area contributed by atoms with Crippen molar-refractivity contribution in [3.8, 4) is 0 Å². The normalized spacial score (nSPS) is 17.9. The monoisotopic (exact) mass is 419 g/mol. The van der Waals surface area contributed by atoms with E-state index >= 15 is 0 Å². The molecule has 1 atom stereocenters. The van der Waals surface area contributed by atoms with Crippen LogP contribution in [-0.4, -0.2) is 55.0 Å². The highest BCUT2D eigenvalue weighted by Gasteiger charge is 2.29. The number of morpholine rings is 1. The van der Waals surface area contributed by atoms with Gasteiger partial charge in [0.1, 0.15) is 0 Å². The number of amides is 2. The SMILES string of the molecule is CC(=O)N1C=Cc2ccccc2C1CC(=O)N(C)Cc1ccccc1N1CCOCC1. The summed E-state index contributed by atoms with van der Waals surface area (Å²) in [4.78, 5) is 31.2. The summed E-state index contributed by atoms with van der Waals surface area (Å²) in [5.41, 5.74) is 4.34. The van der Waals surface area contributed by atoms with Crippen molar-refractivity contribution in [2.75, 3.05) is 38.3 Å². The molecule has 6 nitrogen and oxygen atoms in total. The molecule has 1 unspecified atom stereocenters. The van der Waals surface area contributed by atoms with Crippen molar-refractivity contribution in [2.45, 2.75) is 25.9 Å². The fourth-order valence-electron chi connectivity index (χ4n) is 4.34. The fraction of sp³-hybridized carbons (Fsp3) is 0.360. The average molecular weight is 420 g/mol. The number of anilines is 1. The summed E-state index contributed by atoms with van der Waals surface area (Å²) < 4.78 is 5.48. The average Bonchev–Trinajstić information content (AvgIpc) is 2.80. The predicted molar refractivity (Wildman–Crippen MR) is 121 cm³/mol. The van der Waals surface area contributed by atoms with E-state index in [1.807, 2.05) is 49.5 Å². The molecule has 1 saturated heterocycles. The second kappa shape index (κ2) is 9.35. The lowest BCUT2D eigenvalue weighted by molar-refractivity contribution is -0.134. The number of carbonyl (C=O) groups is 2. The van der Waals surface area contributed by atoms with Crippen LogP contribution in [0.5, 0.6) is 0 Å². The van der Waals surface area contributed by atoms with Gasteiger partial charge in [-0.25, -0.2) is 0 Å². The number of hydrogen-bond acceptors (Lipinski definition) is 4. The first-order chi connectivity index (χ1) is 15.0. The smallest absolute Gasteiger partial charge is 0.225 e. The second-order valence-electron chi connectivity index (χ2n) is 8.07. The minimum Gasteiger partial charge on any atom is -0.378 e. The molecule has 2 aromatic carbocycles. The van der Waals surface area contributed by atoms with Crippen molar-refractivity contribution in [2.24, 2.45) is 0 Å². The van der Waals surface area contributed by atoms with Crippen molar-refractivity contribution in [3.05, 3.63) is 71.4 Å². The van der Waals surface area contributed by atoms with E-state index in [0.717, 1.165) is 48.7 Å². The lowest BCUT2D eigenvalue weighted by atomic mass is 9.93. The highest BCUT2D eigenvalue weighted by atomic mass is 16.5. The summed E-state index contributed by atoms with van der Waals surface area (Å²) in [6.45, 7) is 5.22. The quantitative estimate of drug-likeness (QED) is 0.745. The third kappa shape index (κ3) is 4.64. The summed E-state index contributed by atoms with van der Waals surface area (Å²) in [6.07, 6.45) is 3.97. The van der Waals surface area contributed by atoms with E-state index in [9.17, 15) is 9.59 Å². The Morgan fingerprint density at radius 3 is 2.55 bits per heavy atom. The molecule has 0 radical (unpaired) electrons. The van der Waals surface area contributed by atoms with E-state index < -0.39 is 0 Å². The van der Waals surface area contributed by atoms with Crippen LogP contribution in [0.4, 0.5) is 5.69 Å². The molecule has 0 bridgehead atoms. The lowest BCUT2D eigenvalue weighted by Crippen LogP contribution is -2.38. The van der Waals surface area contributed by atoms with Gasteiger partial charge in [0.15, 0.2) is 0 Å². The standard InChI is InChI=1S/C25H29N3O3/c1-19(29)28-12-11-20-7-3-5-9-22(20)24(28)17-25(30)26(2)18-21-8-4-6-10-23(21)27-13-15-31-16-14-27/h3-12,24H,13-18H2,1-2H3. The Morgan fingerprint density at radius 1 is 1.06 bits per heavy atom. The zero-order valence-electron chi connectivity index (χ0n) is 18.2. The van der Waals surface area contributed by atoms with Gasteiger partial charge in [-0.3, -0.25) is 9.59 Å². The Balaban J connectivity index is 1.50. The van der Waals surface area contributed by atoms with Gasteiger partial charge in [0, 0.05) is 45.5 Å². The molecule has 0 spiro atoms. The Labute approximate surface area is 183 Å². The van der Waals surface area contributed by atoms with E-state index in [-0.39, 0.29) is 24.3 Å². The minimum atomic E-state index is -0.289. The molecule has 0 aliphatic carbocycles. The van der Waals surface area contributed by atoms with E-state index in [1.54, 1.807) is 16.0 Å². The molecule has 2 heterocycles. The van der Waals surface area contributed by atoms with Crippen LogP contribution in [0.3, 0.4) is 0 Å². The van der Waals surface area contributed by atoms with Crippen molar-refractivity contribution < 1.29 is 14.3 Å². The van der Waals surface area contributed by atoms with Crippen molar-refractivity contribution in [1.29, 1.82) is 0 Å². The van der Waals surface area contributed by atoms with Gasteiger partial charge in [0.05, 0.1) is 25.7 Å². The molecular formula is C25H29N3O3. The number of hydrogen-bond donors (Lipinski definition) is 0. The number of ether oxygens (including phenoxy) is 1. The van der Waals surface area contributed by atoms with Gasteiger partial charge in [0.25, 0.3) is 0 Å². The molecule has 0 saturated carbocycles. The summed E-state index contributed by atoms with van der Waals surface area (Å²) in [7, 11) is 1.83. The van der Waals surface area contributed by atoms with Crippen molar-refractivity contribution >= 4 is 23.6 Å². The maximum Gasteiger partial charge on any atom is 0.225 e. The molecule has 2 aliphatic heterocycles. The van der Waals surface area contributed by atoms with E-state index in [2.05, 4.69) is 17.0 Å². The molecule has 0 aromatic heterocycles. The van der Waals surface area contributed by atoms with E-state index in [4.69, 9.17) is 4.74 Å². The summed E-state index contributed by atoms with van der Waals surface area (Å²) >= 11 is 0.